The Morgan fingerprint density at radius 2 is 2.00 bits per heavy atom. The Balaban J connectivity index is 2.65. The molecule has 0 aliphatic carbocycles. The van der Waals surface area contributed by atoms with Gasteiger partial charge in [0.2, 0.25) is 9.84 Å². The molecule has 0 spiro atoms. The first-order chi connectivity index (χ1) is 7.48. The van der Waals surface area contributed by atoms with Gasteiger partial charge in [0.05, 0.1) is 9.80 Å². The van der Waals surface area contributed by atoms with Crippen LogP contribution in [-0.4, -0.2) is 21.5 Å². The van der Waals surface area contributed by atoms with Crippen LogP contribution in [0.1, 0.15) is 18.1 Å². The van der Waals surface area contributed by atoms with Gasteiger partial charge in [0.25, 0.3) is 0 Å². The maximum Gasteiger partial charge on any atom is 0.205 e. The molecule has 86 valence electrons. The van der Waals surface area contributed by atoms with E-state index in [2.05, 4.69) is 5.32 Å². The number of aryl methyl sites for hydroxylation is 1. The zero-order valence-electron chi connectivity index (χ0n) is 9.61. The van der Waals surface area contributed by atoms with Gasteiger partial charge in [0.1, 0.15) is 0 Å². The van der Waals surface area contributed by atoms with E-state index in [1.807, 2.05) is 32.0 Å². The van der Waals surface area contributed by atoms with E-state index >= 15 is 0 Å². The van der Waals surface area contributed by atoms with Crippen LogP contribution in [0.25, 0.3) is 6.08 Å². The molecule has 1 aliphatic rings. The topological polar surface area (TPSA) is 46.2 Å². The van der Waals surface area contributed by atoms with Gasteiger partial charge in [-0.15, -0.1) is 0 Å². The lowest BCUT2D eigenvalue weighted by Gasteiger charge is -2.12. The van der Waals surface area contributed by atoms with Gasteiger partial charge in [-0.2, -0.15) is 0 Å². The van der Waals surface area contributed by atoms with Crippen LogP contribution >= 0.6 is 0 Å². The van der Waals surface area contributed by atoms with Crippen LogP contribution in [0.5, 0.6) is 0 Å². The van der Waals surface area contributed by atoms with E-state index in [0.29, 0.717) is 9.80 Å². The summed E-state index contributed by atoms with van der Waals surface area (Å²) in [6.45, 7) is 3.68. The molecule has 0 saturated carbocycles. The van der Waals surface area contributed by atoms with Crippen molar-refractivity contribution in [1.82, 2.24) is 5.32 Å². The number of rotatable bonds is 2. The third kappa shape index (κ3) is 1.49. The lowest BCUT2D eigenvalue weighted by Crippen LogP contribution is -2.26. The van der Waals surface area contributed by atoms with Gasteiger partial charge in [0, 0.05) is 6.04 Å². The number of hydrogen-bond donors (Lipinski definition) is 1. The normalized spacial score (nSPS) is 19.1. The molecule has 1 unspecified atom stereocenters. The van der Waals surface area contributed by atoms with Crippen LogP contribution in [0.4, 0.5) is 0 Å². The van der Waals surface area contributed by atoms with Crippen molar-refractivity contribution < 1.29 is 8.42 Å². The molecule has 0 radical (unpaired) electrons. The summed E-state index contributed by atoms with van der Waals surface area (Å²) in [7, 11) is -1.53. The van der Waals surface area contributed by atoms with Crippen LogP contribution in [0, 0.1) is 6.92 Å². The summed E-state index contributed by atoms with van der Waals surface area (Å²) in [6.07, 6.45) is 1.76. The second-order valence-electron chi connectivity index (χ2n) is 4.05. The molecule has 1 aromatic rings. The third-order valence-corrected chi connectivity index (χ3v) is 5.17. The number of likely N-dealkylation sites (N-methyl/N-ethyl adjacent to an activating group) is 1. The van der Waals surface area contributed by atoms with Gasteiger partial charge in [-0.05, 0) is 38.1 Å². The molecule has 0 bridgehead atoms. The summed E-state index contributed by atoms with van der Waals surface area (Å²) in [5.74, 6) is 0. The highest BCUT2D eigenvalue weighted by Gasteiger charge is 2.33. The van der Waals surface area contributed by atoms with Crippen molar-refractivity contribution in [2.75, 3.05) is 7.05 Å². The summed E-state index contributed by atoms with van der Waals surface area (Å²) in [6, 6.07) is 5.40. The molecule has 0 aromatic heterocycles. The molecule has 2 rings (SSSR count). The second kappa shape index (κ2) is 3.71. The smallest absolute Gasteiger partial charge is 0.205 e. The highest BCUT2D eigenvalue weighted by atomic mass is 32.2. The van der Waals surface area contributed by atoms with Crippen molar-refractivity contribution in [3.8, 4) is 0 Å². The summed E-state index contributed by atoms with van der Waals surface area (Å²) in [5, 5.41) is 2.97. The molecule has 0 fully saturated rings. The van der Waals surface area contributed by atoms with Gasteiger partial charge < -0.3 is 5.32 Å². The summed E-state index contributed by atoms with van der Waals surface area (Å²) in [5.41, 5.74) is 1.61. The summed E-state index contributed by atoms with van der Waals surface area (Å²) < 4.78 is 24.6. The molecule has 4 heteroatoms. The lowest BCUT2D eigenvalue weighted by molar-refractivity contribution is 0.595. The first-order valence-electron chi connectivity index (χ1n) is 5.22. The maximum absolute atomic E-state index is 12.3. The molecule has 1 heterocycles. The van der Waals surface area contributed by atoms with Crippen LogP contribution in [0.2, 0.25) is 0 Å². The number of hydrogen-bond acceptors (Lipinski definition) is 3. The summed E-state index contributed by atoms with van der Waals surface area (Å²) >= 11 is 0. The number of nitrogens with one attached hydrogen (secondary N) is 1. The van der Waals surface area contributed by atoms with Gasteiger partial charge in [-0.3, -0.25) is 0 Å². The third-order valence-electron chi connectivity index (χ3n) is 2.98. The van der Waals surface area contributed by atoms with Crippen LogP contribution in [0.3, 0.4) is 0 Å². The standard InChI is InChI=1S/C12H15NO2S/c1-8-5-4-6-10-7-11(9(2)13-3)16(14,15)12(8)10/h4-7,9,13H,1-3H3. The lowest BCUT2D eigenvalue weighted by atomic mass is 10.1. The van der Waals surface area contributed by atoms with E-state index in [0.717, 1.165) is 11.1 Å². The monoisotopic (exact) mass is 237 g/mol. The number of sulfone groups is 1. The van der Waals surface area contributed by atoms with Crippen LogP contribution in [0.15, 0.2) is 28.0 Å². The number of benzene rings is 1. The minimum absolute atomic E-state index is 0.156. The fraction of sp³-hybridized carbons (Fsp3) is 0.333. The fourth-order valence-electron chi connectivity index (χ4n) is 2.00. The van der Waals surface area contributed by atoms with Gasteiger partial charge in [-0.1, -0.05) is 18.2 Å². The molecule has 1 N–H and O–H groups in total. The summed E-state index contributed by atoms with van der Waals surface area (Å²) in [4.78, 5) is 0.923. The van der Waals surface area contributed by atoms with Crippen LogP contribution < -0.4 is 5.32 Å². The molecule has 1 aliphatic heterocycles. The number of fused-ring (bicyclic) bond motifs is 1. The predicted octanol–water partition coefficient (Wildman–Crippen LogP) is 1.73. The van der Waals surface area contributed by atoms with Crippen molar-refractivity contribution in [1.29, 1.82) is 0 Å². The minimum atomic E-state index is -3.29. The Kier molecular flexibility index (Phi) is 2.64. The van der Waals surface area contributed by atoms with E-state index in [9.17, 15) is 8.42 Å². The van der Waals surface area contributed by atoms with Crippen LogP contribution in [-0.2, 0) is 9.84 Å². The van der Waals surface area contributed by atoms with E-state index in [-0.39, 0.29) is 6.04 Å². The Labute approximate surface area is 96.1 Å². The second-order valence-corrected chi connectivity index (χ2v) is 5.94. The quantitative estimate of drug-likeness (QED) is 0.852. The molecular formula is C12H15NO2S. The van der Waals surface area contributed by atoms with Gasteiger partial charge >= 0.3 is 0 Å². The SMILES string of the molecule is CNC(C)C1=Cc2cccc(C)c2S1(=O)=O. The van der Waals surface area contributed by atoms with E-state index < -0.39 is 9.84 Å². The fourth-order valence-corrected chi connectivity index (χ4v) is 4.03. The average Bonchev–Trinajstić information content (AvgIpc) is 2.50. The minimum Gasteiger partial charge on any atom is -0.313 e. The Morgan fingerprint density at radius 1 is 1.31 bits per heavy atom. The van der Waals surface area contributed by atoms with E-state index in [1.165, 1.54) is 0 Å². The molecule has 3 nitrogen and oxygen atoms in total. The molecule has 0 saturated heterocycles. The zero-order valence-corrected chi connectivity index (χ0v) is 10.4. The van der Waals surface area contributed by atoms with Crippen molar-refractivity contribution >= 4 is 15.9 Å². The predicted molar refractivity (Wildman–Crippen MR) is 64.9 cm³/mol. The highest BCUT2D eigenvalue weighted by Crippen LogP contribution is 2.36. The molecule has 0 amide bonds. The van der Waals surface area contributed by atoms with Crippen molar-refractivity contribution in [3.05, 3.63) is 34.2 Å². The largest absolute Gasteiger partial charge is 0.313 e. The van der Waals surface area contributed by atoms with Gasteiger partial charge in [-0.25, -0.2) is 8.42 Å². The van der Waals surface area contributed by atoms with E-state index in [4.69, 9.17) is 0 Å². The van der Waals surface area contributed by atoms with Crippen molar-refractivity contribution in [2.45, 2.75) is 24.8 Å². The Bertz CT molecular complexity index is 558. The molecular weight excluding hydrogens is 222 g/mol. The highest BCUT2D eigenvalue weighted by molar-refractivity contribution is 7.96. The first-order valence-corrected chi connectivity index (χ1v) is 6.70. The van der Waals surface area contributed by atoms with E-state index in [1.54, 1.807) is 13.1 Å². The van der Waals surface area contributed by atoms with Crippen molar-refractivity contribution in [3.63, 3.8) is 0 Å². The van der Waals surface area contributed by atoms with Gasteiger partial charge in [0.15, 0.2) is 0 Å². The molecule has 16 heavy (non-hydrogen) atoms. The molecule has 1 atom stereocenters. The first kappa shape index (κ1) is 11.4. The zero-order chi connectivity index (χ0) is 11.9. The Morgan fingerprint density at radius 3 is 2.56 bits per heavy atom. The maximum atomic E-state index is 12.3. The Hall–Kier alpha value is -1.13. The average molecular weight is 237 g/mol. The molecule has 1 aromatic carbocycles. The van der Waals surface area contributed by atoms with Crippen molar-refractivity contribution in [2.24, 2.45) is 0 Å².